The second kappa shape index (κ2) is 10.8. The number of hydrogen-bond acceptors (Lipinski definition) is 7. The number of benzene rings is 1. The molecule has 3 aliphatic rings. The second-order valence-electron chi connectivity index (χ2n) is 11.8. The van der Waals surface area contributed by atoms with E-state index in [1.54, 1.807) is 12.3 Å². The molecule has 3 heterocycles. The number of anilines is 1. The van der Waals surface area contributed by atoms with Crippen LogP contribution in [-0.4, -0.2) is 59.8 Å². The highest BCUT2D eigenvalue weighted by Crippen LogP contribution is 2.42. The number of esters is 1. The first-order chi connectivity index (χ1) is 18.5. The predicted molar refractivity (Wildman–Crippen MR) is 151 cm³/mol. The van der Waals surface area contributed by atoms with Crippen LogP contribution in [0.1, 0.15) is 87.3 Å². The van der Waals surface area contributed by atoms with Crippen molar-refractivity contribution in [3.63, 3.8) is 0 Å². The molecule has 0 unspecified atom stereocenters. The van der Waals surface area contributed by atoms with Gasteiger partial charge in [0.25, 0.3) is 5.91 Å². The van der Waals surface area contributed by atoms with Crippen molar-refractivity contribution in [3.05, 3.63) is 52.3 Å². The van der Waals surface area contributed by atoms with Gasteiger partial charge in [0.15, 0.2) is 0 Å². The second-order valence-corrected chi connectivity index (χ2v) is 12.2. The average Bonchev–Trinajstić information content (AvgIpc) is 3.71. The monoisotopic (exact) mass is 553 g/mol. The van der Waals surface area contributed by atoms with Gasteiger partial charge < -0.3 is 19.4 Å². The van der Waals surface area contributed by atoms with E-state index in [2.05, 4.69) is 15.2 Å². The maximum atomic E-state index is 13.3. The number of ether oxygens (including phenoxy) is 1. The Bertz CT molecular complexity index is 1250. The van der Waals surface area contributed by atoms with Gasteiger partial charge in [-0.25, -0.2) is 0 Å². The molecule has 1 N–H and O–H groups in total. The third-order valence-electron chi connectivity index (χ3n) is 8.52. The lowest BCUT2D eigenvalue weighted by atomic mass is 9.79. The summed E-state index contributed by atoms with van der Waals surface area (Å²) >= 11 is 6.74. The zero-order valence-corrected chi connectivity index (χ0v) is 24.1. The number of halogens is 1. The van der Waals surface area contributed by atoms with Crippen LogP contribution in [0.15, 0.2) is 30.5 Å². The van der Waals surface area contributed by atoms with E-state index < -0.39 is 18.3 Å². The summed E-state index contributed by atoms with van der Waals surface area (Å²) in [5, 5.41) is 3.31. The van der Waals surface area contributed by atoms with Gasteiger partial charge in [-0.3, -0.25) is 19.5 Å². The first kappa shape index (κ1) is 28.1. The number of aromatic nitrogens is 1. The Balaban J connectivity index is 1.34. The van der Waals surface area contributed by atoms with E-state index in [1.807, 2.05) is 45.9 Å². The van der Waals surface area contributed by atoms with Crippen LogP contribution in [0.4, 0.5) is 5.69 Å². The van der Waals surface area contributed by atoms with E-state index in [1.165, 1.54) is 7.11 Å². The molecule has 0 radical (unpaired) electrons. The molecular weight excluding hydrogens is 517 g/mol. The standard InChI is InChI=1S/C29H37BClN3O5/c1-28(2)29(3,4)39-30(38-28)21-9-8-10-22(25(21)31)33-26(35)23-15-20(18-12-13-18)19(16-32-23)17-34-14-7-6-11-24(34)27(36)37-5/h8-10,15-16,18,24H,6-7,11-14,17H2,1-5H3,(H,33,35)/t24-/m0/s1. The first-order valence-electron chi connectivity index (χ1n) is 13.8. The first-order valence-corrected chi connectivity index (χ1v) is 14.1. The Morgan fingerprint density at radius 3 is 2.54 bits per heavy atom. The maximum absolute atomic E-state index is 13.3. The van der Waals surface area contributed by atoms with Crippen LogP contribution in [0.5, 0.6) is 0 Å². The Labute approximate surface area is 235 Å². The van der Waals surface area contributed by atoms with Crippen LogP contribution in [0.25, 0.3) is 0 Å². The zero-order chi connectivity index (χ0) is 27.9. The lowest BCUT2D eigenvalue weighted by molar-refractivity contribution is -0.148. The van der Waals surface area contributed by atoms with Crippen molar-refractivity contribution in [2.45, 2.75) is 89.5 Å². The number of carbonyl (C=O) groups is 2. The number of nitrogens with one attached hydrogen (secondary N) is 1. The number of rotatable bonds is 7. The van der Waals surface area contributed by atoms with Gasteiger partial charge in [0.05, 0.1) is 29.0 Å². The summed E-state index contributed by atoms with van der Waals surface area (Å²) in [6.07, 6.45) is 6.81. The van der Waals surface area contributed by atoms with Crippen LogP contribution in [0, 0.1) is 0 Å². The minimum atomic E-state index is -0.637. The number of amides is 1. The molecule has 5 rings (SSSR count). The van der Waals surface area contributed by atoms with Crippen LogP contribution in [0.3, 0.4) is 0 Å². The SMILES string of the molecule is COC(=O)[C@@H]1CCCCN1Cc1cnc(C(=O)Nc2cccc(B3OC(C)(C)C(C)(C)O3)c2Cl)cc1C1CC1. The summed E-state index contributed by atoms with van der Waals surface area (Å²) in [7, 11) is 0.804. The minimum Gasteiger partial charge on any atom is -0.468 e. The third-order valence-corrected chi connectivity index (χ3v) is 8.94. The summed E-state index contributed by atoms with van der Waals surface area (Å²) in [6, 6.07) is 7.09. The van der Waals surface area contributed by atoms with Gasteiger partial charge in [0.2, 0.25) is 0 Å². The van der Waals surface area contributed by atoms with Gasteiger partial charge in [0, 0.05) is 18.2 Å². The summed E-state index contributed by atoms with van der Waals surface area (Å²) in [6.45, 7) is 9.40. The summed E-state index contributed by atoms with van der Waals surface area (Å²) in [5.74, 6) is -0.112. The molecule has 2 aromatic rings. The zero-order valence-electron chi connectivity index (χ0n) is 23.4. The molecule has 10 heteroatoms. The smallest absolute Gasteiger partial charge is 0.468 e. The molecule has 0 spiro atoms. The molecule has 1 saturated carbocycles. The number of hydrogen-bond donors (Lipinski definition) is 1. The Hall–Kier alpha value is -2.46. The molecule has 1 amide bonds. The number of piperidine rings is 1. The molecule has 2 aliphatic heterocycles. The van der Waals surface area contributed by atoms with Crippen molar-refractivity contribution in [1.29, 1.82) is 0 Å². The fraction of sp³-hybridized carbons (Fsp3) is 0.552. The van der Waals surface area contributed by atoms with Gasteiger partial charge in [-0.05, 0) is 89.1 Å². The highest BCUT2D eigenvalue weighted by atomic mass is 35.5. The summed E-state index contributed by atoms with van der Waals surface area (Å²) in [5.41, 5.74) is 2.65. The van der Waals surface area contributed by atoms with Gasteiger partial charge in [-0.15, -0.1) is 0 Å². The van der Waals surface area contributed by atoms with Crippen LogP contribution >= 0.6 is 11.6 Å². The number of pyridine rings is 1. The van der Waals surface area contributed by atoms with E-state index in [9.17, 15) is 9.59 Å². The fourth-order valence-electron chi connectivity index (χ4n) is 5.32. The maximum Gasteiger partial charge on any atom is 0.496 e. The minimum absolute atomic E-state index is 0.189. The molecule has 1 aromatic carbocycles. The Morgan fingerprint density at radius 1 is 1.15 bits per heavy atom. The number of likely N-dealkylation sites (tertiary alicyclic amines) is 1. The van der Waals surface area contributed by atoms with Crippen LogP contribution in [-0.2, 0) is 25.4 Å². The molecule has 208 valence electrons. The van der Waals surface area contributed by atoms with Gasteiger partial charge >= 0.3 is 13.1 Å². The van der Waals surface area contributed by atoms with Crippen molar-refractivity contribution < 1.29 is 23.6 Å². The molecule has 8 nitrogen and oxygen atoms in total. The third kappa shape index (κ3) is 5.73. The molecule has 3 fully saturated rings. The molecule has 2 saturated heterocycles. The highest BCUT2D eigenvalue weighted by molar-refractivity contribution is 6.66. The van der Waals surface area contributed by atoms with Crippen LogP contribution in [0.2, 0.25) is 5.02 Å². The molecular formula is C29H37BClN3O5. The quantitative estimate of drug-likeness (QED) is 0.393. The van der Waals surface area contributed by atoms with Crippen molar-refractivity contribution in [2.24, 2.45) is 0 Å². The van der Waals surface area contributed by atoms with Gasteiger partial charge in [-0.2, -0.15) is 0 Å². The van der Waals surface area contributed by atoms with Gasteiger partial charge in [0.1, 0.15) is 11.7 Å². The molecule has 1 atom stereocenters. The number of carbonyl (C=O) groups excluding carboxylic acids is 2. The molecule has 1 aliphatic carbocycles. The summed E-state index contributed by atoms with van der Waals surface area (Å²) < 4.78 is 17.4. The van der Waals surface area contributed by atoms with Gasteiger partial charge in [-0.1, -0.05) is 30.2 Å². The van der Waals surface area contributed by atoms with E-state index in [-0.39, 0.29) is 17.9 Å². The highest BCUT2D eigenvalue weighted by Gasteiger charge is 2.52. The molecule has 1 aromatic heterocycles. The lowest BCUT2D eigenvalue weighted by Gasteiger charge is -2.34. The number of methoxy groups -OCH3 is 1. The average molecular weight is 554 g/mol. The van der Waals surface area contributed by atoms with Crippen molar-refractivity contribution in [1.82, 2.24) is 9.88 Å². The molecule has 39 heavy (non-hydrogen) atoms. The van der Waals surface area contributed by atoms with E-state index in [0.29, 0.717) is 34.3 Å². The molecule has 0 bridgehead atoms. The topological polar surface area (TPSA) is 90.0 Å². The predicted octanol–water partition coefficient (Wildman–Crippen LogP) is 4.69. The van der Waals surface area contributed by atoms with Crippen molar-refractivity contribution in [2.75, 3.05) is 19.0 Å². The van der Waals surface area contributed by atoms with Crippen molar-refractivity contribution >= 4 is 41.7 Å². The van der Waals surface area contributed by atoms with Crippen LogP contribution < -0.4 is 10.8 Å². The Morgan fingerprint density at radius 2 is 1.87 bits per heavy atom. The largest absolute Gasteiger partial charge is 0.496 e. The van der Waals surface area contributed by atoms with E-state index in [4.69, 9.17) is 25.6 Å². The fourth-order valence-corrected chi connectivity index (χ4v) is 5.58. The normalized spacial score (nSPS) is 22.5. The summed E-state index contributed by atoms with van der Waals surface area (Å²) in [4.78, 5) is 32.4. The van der Waals surface area contributed by atoms with E-state index >= 15 is 0 Å². The lowest BCUT2D eigenvalue weighted by Crippen LogP contribution is -2.44. The van der Waals surface area contributed by atoms with Crippen molar-refractivity contribution in [3.8, 4) is 0 Å². The Kier molecular flexibility index (Phi) is 7.81. The number of nitrogens with zero attached hydrogens (tertiary/aromatic N) is 2. The van der Waals surface area contributed by atoms with E-state index in [0.717, 1.165) is 49.8 Å².